The molecular weight excluding hydrogens is 578 g/mol. The minimum atomic E-state index is -1.24. The molecule has 4 amide bonds. The van der Waals surface area contributed by atoms with Gasteiger partial charge in [0.2, 0.25) is 0 Å². The third kappa shape index (κ3) is 7.14. The van der Waals surface area contributed by atoms with Crippen molar-refractivity contribution in [2.24, 2.45) is 0 Å². The van der Waals surface area contributed by atoms with Crippen molar-refractivity contribution in [1.29, 1.82) is 0 Å². The van der Waals surface area contributed by atoms with E-state index in [0.717, 1.165) is 22.3 Å². The highest BCUT2D eigenvalue weighted by molar-refractivity contribution is 6.21. The van der Waals surface area contributed by atoms with Crippen LogP contribution in [0.1, 0.15) is 77.8 Å². The number of rotatable bonds is 10. The predicted octanol–water partition coefficient (Wildman–Crippen LogP) is 5.34. The molecule has 0 unspecified atom stereocenters. The van der Waals surface area contributed by atoms with Crippen LogP contribution in [0, 0.1) is 0 Å². The highest BCUT2D eigenvalue weighted by Crippen LogP contribution is 2.44. The first-order chi connectivity index (χ1) is 21.5. The van der Waals surface area contributed by atoms with Gasteiger partial charge in [0.25, 0.3) is 11.8 Å². The number of nitrogens with one attached hydrogen (secondary N) is 2. The topological polar surface area (TPSA) is 140 Å². The lowest BCUT2D eigenvalue weighted by atomic mass is 9.98. The molecule has 3 aromatic rings. The Labute approximate surface area is 260 Å². The Kier molecular flexibility index (Phi) is 9.17. The van der Waals surface area contributed by atoms with Crippen LogP contribution in [0.15, 0.2) is 72.8 Å². The molecule has 0 bridgehead atoms. The number of imide groups is 1. The third-order valence-corrected chi connectivity index (χ3v) is 7.45. The molecule has 3 aromatic carbocycles. The lowest BCUT2D eigenvalue weighted by molar-refractivity contribution is -0.171. The van der Waals surface area contributed by atoms with Crippen LogP contribution in [0.25, 0.3) is 11.1 Å². The van der Waals surface area contributed by atoms with Crippen LogP contribution in [0.3, 0.4) is 0 Å². The van der Waals surface area contributed by atoms with Gasteiger partial charge in [0, 0.05) is 12.5 Å². The van der Waals surface area contributed by atoms with E-state index in [1.54, 1.807) is 32.9 Å². The quantitative estimate of drug-likeness (QED) is 0.231. The Hall–Kier alpha value is -5.19. The molecule has 1 aliphatic heterocycles. The molecule has 1 aliphatic carbocycles. The Morgan fingerprint density at radius 3 is 1.87 bits per heavy atom. The summed E-state index contributed by atoms with van der Waals surface area (Å²) in [5.41, 5.74) is 3.80. The number of fused-ring (bicyclic) bond motifs is 4. The summed E-state index contributed by atoms with van der Waals surface area (Å²) in [6.45, 7) is 5.56. The van der Waals surface area contributed by atoms with Crippen molar-refractivity contribution in [3.05, 3.63) is 95.1 Å². The second kappa shape index (κ2) is 13.2. The largest absolute Gasteiger partial charge is 0.449 e. The van der Waals surface area contributed by atoms with Gasteiger partial charge in [-0.25, -0.2) is 14.4 Å². The zero-order valence-electron chi connectivity index (χ0n) is 25.3. The molecule has 0 aromatic heterocycles. The zero-order chi connectivity index (χ0) is 32.1. The van der Waals surface area contributed by atoms with Gasteiger partial charge in [-0.1, -0.05) is 65.7 Å². The minimum absolute atomic E-state index is 0.0276. The van der Waals surface area contributed by atoms with Gasteiger partial charge in [-0.2, -0.15) is 0 Å². The molecule has 2 N–H and O–H groups in total. The number of alkyl carbamates (subject to hydrolysis) is 2. The van der Waals surface area contributed by atoms with E-state index in [1.807, 2.05) is 48.5 Å². The smallest absolute Gasteiger partial charge is 0.407 e. The summed E-state index contributed by atoms with van der Waals surface area (Å²) >= 11 is 0. The molecule has 0 saturated carbocycles. The zero-order valence-corrected chi connectivity index (χ0v) is 25.3. The molecule has 5 rings (SSSR count). The van der Waals surface area contributed by atoms with Crippen molar-refractivity contribution in [1.82, 2.24) is 15.7 Å². The van der Waals surface area contributed by atoms with Crippen LogP contribution in [0.4, 0.5) is 9.59 Å². The molecule has 11 heteroatoms. The molecule has 2 aliphatic rings. The number of unbranched alkanes of at least 4 members (excludes halogenated alkanes) is 1. The fourth-order valence-electron chi connectivity index (χ4n) is 5.41. The summed E-state index contributed by atoms with van der Waals surface area (Å²) in [6.07, 6.45) is -0.514. The molecule has 1 heterocycles. The minimum Gasteiger partial charge on any atom is -0.449 e. The fraction of sp³-hybridized carbons (Fsp3) is 0.324. The molecule has 0 spiro atoms. The summed E-state index contributed by atoms with van der Waals surface area (Å²) in [6, 6.07) is 20.7. The maximum absolute atomic E-state index is 13.3. The van der Waals surface area contributed by atoms with Crippen molar-refractivity contribution in [2.75, 3.05) is 13.2 Å². The standard InChI is InChI=1S/C34H35N3O8/c1-34(2,3)44-32(41)35-19-11-10-18-28(31(40)45-37-29(38)25-16-8-9-17-26(25)30(37)39)36-33(42)43-20-27-23-14-6-4-12-21(23)22-13-5-7-15-24(22)27/h4-9,12-17,27-28H,10-11,18-20H2,1-3H3,(H,35,41)(H,36,42)/t28-/m0/s1. The first-order valence-electron chi connectivity index (χ1n) is 14.8. The summed E-state index contributed by atoms with van der Waals surface area (Å²) in [5, 5.41) is 5.60. The highest BCUT2D eigenvalue weighted by Gasteiger charge is 2.40. The number of nitrogens with zero attached hydrogens (tertiary/aromatic N) is 1. The lowest BCUT2D eigenvalue weighted by Gasteiger charge is -2.21. The molecule has 45 heavy (non-hydrogen) atoms. The van der Waals surface area contributed by atoms with E-state index in [2.05, 4.69) is 10.6 Å². The van der Waals surface area contributed by atoms with E-state index in [-0.39, 0.29) is 36.6 Å². The number of hydrogen-bond acceptors (Lipinski definition) is 8. The van der Waals surface area contributed by atoms with Crippen LogP contribution >= 0.6 is 0 Å². The second-order valence-corrected chi connectivity index (χ2v) is 11.8. The second-order valence-electron chi connectivity index (χ2n) is 11.8. The molecular formula is C34H35N3O8. The van der Waals surface area contributed by atoms with E-state index >= 15 is 0 Å². The number of carbonyl (C=O) groups is 5. The lowest BCUT2D eigenvalue weighted by Crippen LogP contribution is -2.46. The first-order valence-corrected chi connectivity index (χ1v) is 14.8. The molecule has 11 nitrogen and oxygen atoms in total. The summed E-state index contributed by atoms with van der Waals surface area (Å²) in [7, 11) is 0. The number of amides is 4. The third-order valence-electron chi connectivity index (χ3n) is 7.45. The number of benzene rings is 3. The van der Waals surface area contributed by atoms with Gasteiger partial charge in [-0.05, 0) is 74.4 Å². The fourth-order valence-corrected chi connectivity index (χ4v) is 5.41. The summed E-state index contributed by atoms with van der Waals surface area (Å²) < 4.78 is 10.8. The van der Waals surface area contributed by atoms with Crippen molar-refractivity contribution < 1.29 is 38.3 Å². The van der Waals surface area contributed by atoms with Crippen LogP contribution < -0.4 is 10.6 Å². The van der Waals surface area contributed by atoms with Crippen molar-refractivity contribution in [2.45, 2.75) is 57.6 Å². The Balaban J connectivity index is 1.22. The molecule has 0 radical (unpaired) electrons. The monoisotopic (exact) mass is 613 g/mol. The Bertz CT molecular complexity index is 1550. The number of hydrogen-bond donors (Lipinski definition) is 2. The van der Waals surface area contributed by atoms with Gasteiger partial charge in [0.1, 0.15) is 18.2 Å². The van der Waals surface area contributed by atoms with E-state index in [1.165, 1.54) is 12.1 Å². The van der Waals surface area contributed by atoms with E-state index in [0.29, 0.717) is 17.9 Å². The molecule has 0 saturated heterocycles. The molecule has 1 atom stereocenters. The predicted molar refractivity (Wildman–Crippen MR) is 163 cm³/mol. The Morgan fingerprint density at radius 1 is 0.778 bits per heavy atom. The van der Waals surface area contributed by atoms with Gasteiger partial charge < -0.3 is 24.9 Å². The van der Waals surface area contributed by atoms with Crippen molar-refractivity contribution in [3.63, 3.8) is 0 Å². The van der Waals surface area contributed by atoms with Crippen LogP contribution in [-0.4, -0.2) is 59.8 Å². The average molecular weight is 614 g/mol. The highest BCUT2D eigenvalue weighted by atomic mass is 16.7. The first kappa shape index (κ1) is 31.2. The Morgan fingerprint density at radius 2 is 1.31 bits per heavy atom. The van der Waals surface area contributed by atoms with Gasteiger partial charge in [-0.3, -0.25) is 9.59 Å². The van der Waals surface area contributed by atoms with Crippen LogP contribution in [0.2, 0.25) is 0 Å². The van der Waals surface area contributed by atoms with Gasteiger partial charge in [0.05, 0.1) is 11.1 Å². The molecule has 0 fully saturated rings. The van der Waals surface area contributed by atoms with E-state index in [9.17, 15) is 24.0 Å². The van der Waals surface area contributed by atoms with Crippen LogP contribution in [-0.2, 0) is 19.1 Å². The summed E-state index contributed by atoms with van der Waals surface area (Å²) in [5.74, 6) is -2.74. The maximum atomic E-state index is 13.3. The van der Waals surface area contributed by atoms with Crippen molar-refractivity contribution >= 4 is 30.0 Å². The van der Waals surface area contributed by atoms with E-state index < -0.39 is 41.6 Å². The van der Waals surface area contributed by atoms with E-state index in [4.69, 9.17) is 14.3 Å². The molecule has 234 valence electrons. The SMILES string of the molecule is CC(C)(C)OC(=O)NCCCC[C@H](NC(=O)OCC1c2ccccc2-c2ccccc21)C(=O)ON1C(=O)c2ccccc2C1=O. The number of hydroxylamine groups is 2. The van der Waals surface area contributed by atoms with Crippen LogP contribution in [0.5, 0.6) is 0 Å². The van der Waals surface area contributed by atoms with Crippen molar-refractivity contribution in [3.8, 4) is 11.1 Å². The average Bonchev–Trinajstić information content (AvgIpc) is 3.45. The normalized spacial score (nSPS) is 14.2. The number of carbonyl (C=O) groups excluding carboxylic acids is 5. The maximum Gasteiger partial charge on any atom is 0.407 e. The van der Waals surface area contributed by atoms with Gasteiger partial charge >= 0.3 is 18.2 Å². The number of ether oxygens (including phenoxy) is 2. The summed E-state index contributed by atoms with van der Waals surface area (Å²) in [4.78, 5) is 69.0. The van der Waals surface area contributed by atoms with Gasteiger partial charge in [0.15, 0.2) is 0 Å². The van der Waals surface area contributed by atoms with Gasteiger partial charge in [-0.15, -0.1) is 0 Å².